The van der Waals surface area contributed by atoms with E-state index in [1.807, 2.05) is 0 Å². The summed E-state index contributed by atoms with van der Waals surface area (Å²) in [6, 6.07) is 0.000565. The van der Waals surface area contributed by atoms with E-state index >= 15 is 0 Å². The Labute approximate surface area is 113 Å². The van der Waals surface area contributed by atoms with Crippen LogP contribution in [0.4, 0.5) is 0 Å². The van der Waals surface area contributed by atoms with E-state index in [2.05, 4.69) is 24.0 Å². The fourth-order valence-corrected chi connectivity index (χ4v) is 4.17. The molecule has 2 heterocycles. The van der Waals surface area contributed by atoms with Crippen LogP contribution in [0, 0.1) is 5.92 Å². The minimum absolute atomic E-state index is 0.000565. The first kappa shape index (κ1) is 14.5. The molecule has 108 valence electrons. The van der Waals surface area contributed by atoms with Gasteiger partial charge in [-0.05, 0) is 18.8 Å². The highest BCUT2D eigenvalue weighted by Gasteiger charge is 2.32. The lowest BCUT2D eigenvalue weighted by molar-refractivity contribution is 0.353. The molecule has 0 aromatic carbocycles. The number of sulfone groups is 1. The van der Waals surface area contributed by atoms with Gasteiger partial charge in [0.25, 0.3) is 0 Å². The third-order valence-corrected chi connectivity index (χ3v) is 5.06. The Balaban J connectivity index is 1.96. The maximum absolute atomic E-state index is 11.4. The van der Waals surface area contributed by atoms with Gasteiger partial charge in [-0.2, -0.15) is 4.98 Å². The molecule has 2 N–H and O–H groups in total. The summed E-state index contributed by atoms with van der Waals surface area (Å²) in [5, 5.41) is 3.89. The summed E-state index contributed by atoms with van der Waals surface area (Å²) < 4.78 is 28.0. The molecule has 1 aromatic heterocycles. The van der Waals surface area contributed by atoms with Crippen molar-refractivity contribution in [2.45, 2.75) is 45.1 Å². The van der Waals surface area contributed by atoms with E-state index in [0.717, 1.165) is 6.42 Å². The Bertz CT molecular complexity index is 524. The molecular formula is C12H21N3O3S. The Kier molecular flexibility index (Phi) is 4.25. The van der Waals surface area contributed by atoms with Gasteiger partial charge in [0.15, 0.2) is 15.7 Å². The van der Waals surface area contributed by atoms with Crippen molar-refractivity contribution in [3.8, 4) is 0 Å². The fourth-order valence-electron chi connectivity index (χ4n) is 2.43. The first-order valence-corrected chi connectivity index (χ1v) is 8.46. The van der Waals surface area contributed by atoms with Crippen molar-refractivity contribution in [3.63, 3.8) is 0 Å². The summed E-state index contributed by atoms with van der Waals surface area (Å²) in [6.07, 6.45) is 2.03. The topological polar surface area (TPSA) is 99.1 Å². The molecule has 1 aliphatic heterocycles. The first-order chi connectivity index (χ1) is 8.85. The van der Waals surface area contributed by atoms with Crippen LogP contribution in [-0.4, -0.2) is 36.1 Å². The molecule has 0 aliphatic carbocycles. The molecule has 0 amide bonds. The van der Waals surface area contributed by atoms with Gasteiger partial charge < -0.3 is 10.3 Å². The van der Waals surface area contributed by atoms with Crippen LogP contribution in [0.3, 0.4) is 0 Å². The summed E-state index contributed by atoms with van der Waals surface area (Å²) in [5.41, 5.74) is 5.99. The summed E-state index contributed by atoms with van der Waals surface area (Å²) in [7, 11) is -2.92. The van der Waals surface area contributed by atoms with Gasteiger partial charge in [-0.15, -0.1) is 0 Å². The van der Waals surface area contributed by atoms with E-state index < -0.39 is 9.84 Å². The molecule has 6 nitrogen and oxygen atoms in total. The molecule has 0 bridgehead atoms. The third kappa shape index (κ3) is 4.01. The molecule has 2 rings (SSSR count). The molecule has 0 saturated carbocycles. The quantitative estimate of drug-likeness (QED) is 0.863. The van der Waals surface area contributed by atoms with Crippen molar-refractivity contribution in [2.75, 3.05) is 11.5 Å². The highest BCUT2D eigenvalue weighted by Crippen LogP contribution is 2.26. The highest BCUT2D eigenvalue weighted by atomic mass is 32.2. The van der Waals surface area contributed by atoms with Crippen LogP contribution in [0.1, 0.15) is 44.3 Å². The number of aromatic nitrogens is 2. The summed E-state index contributed by atoms with van der Waals surface area (Å²) in [6.45, 7) is 4.23. The first-order valence-electron chi connectivity index (χ1n) is 6.64. The Morgan fingerprint density at radius 3 is 2.79 bits per heavy atom. The van der Waals surface area contributed by atoms with Crippen LogP contribution in [0.2, 0.25) is 0 Å². The van der Waals surface area contributed by atoms with Crippen LogP contribution in [0.25, 0.3) is 0 Å². The monoisotopic (exact) mass is 287 g/mol. The second-order valence-electron chi connectivity index (χ2n) is 5.74. The van der Waals surface area contributed by atoms with E-state index in [0.29, 0.717) is 30.5 Å². The van der Waals surface area contributed by atoms with Gasteiger partial charge in [-0.25, -0.2) is 8.42 Å². The predicted molar refractivity (Wildman–Crippen MR) is 71.4 cm³/mol. The zero-order chi connectivity index (χ0) is 14.0. The van der Waals surface area contributed by atoms with Crippen LogP contribution in [-0.2, 0) is 16.3 Å². The average Bonchev–Trinajstić information content (AvgIpc) is 2.83. The molecule has 7 heteroatoms. The van der Waals surface area contributed by atoms with Crippen LogP contribution >= 0.6 is 0 Å². The van der Waals surface area contributed by atoms with Crippen molar-refractivity contribution in [2.24, 2.45) is 11.7 Å². The lowest BCUT2D eigenvalue weighted by atomic mass is 10.0. The molecule has 0 spiro atoms. The smallest absolute Gasteiger partial charge is 0.228 e. The second-order valence-corrected chi connectivity index (χ2v) is 7.97. The minimum atomic E-state index is -2.92. The largest absolute Gasteiger partial charge is 0.339 e. The van der Waals surface area contributed by atoms with E-state index in [4.69, 9.17) is 10.3 Å². The van der Waals surface area contributed by atoms with Gasteiger partial charge >= 0.3 is 0 Å². The number of hydrogen-bond donors (Lipinski definition) is 1. The Morgan fingerprint density at radius 1 is 1.47 bits per heavy atom. The molecule has 1 fully saturated rings. The van der Waals surface area contributed by atoms with Gasteiger partial charge in [0.1, 0.15) is 0 Å². The van der Waals surface area contributed by atoms with Crippen molar-refractivity contribution >= 4 is 9.84 Å². The molecule has 1 saturated heterocycles. The number of rotatable bonds is 5. The zero-order valence-electron chi connectivity index (χ0n) is 11.4. The molecule has 19 heavy (non-hydrogen) atoms. The lowest BCUT2D eigenvalue weighted by Crippen LogP contribution is -2.24. The average molecular weight is 287 g/mol. The van der Waals surface area contributed by atoms with Crippen molar-refractivity contribution in [1.82, 2.24) is 10.1 Å². The van der Waals surface area contributed by atoms with Crippen LogP contribution in [0.5, 0.6) is 0 Å². The third-order valence-electron chi connectivity index (χ3n) is 3.29. The molecule has 2 unspecified atom stereocenters. The summed E-state index contributed by atoms with van der Waals surface area (Å²) in [4.78, 5) is 4.28. The molecule has 1 aromatic rings. The van der Waals surface area contributed by atoms with Crippen molar-refractivity contribution < 1.29 is 12.9 Å². The zero-order valence-corrected chi connectivity index (χ0v) is 12.2. The van der Waals surface area contributed by atoms with E-state index in [-0.39, 0.29) is 23.5 Å². The van der Waals surface area contributed by atoms with E-state index in [1.165, 1.54) is 0 Å². The van der Waals surface area contributed by atoms with Crippen molar-refractivity contribution in [1.29, 1.82) is 0 Å². The minimum Gasteiger partial charge on any atom is -0.339 e. The van der Waals surface area contributed by atoms with Gasteiger partial charge in [0, 0.05) is 18.4 Å². The maximum atomic E-state index is 11.4. The van der Waals surface area contributed by atoms with Gasteiger partial charge in [0.05, 0.1) is 11.5 Å². The summed E-state index contributed by atoms with van der Waals surface area (Å²) >= 11 is 0. The molecular weight excluding hydrogens is 266 g/mol. The standard InChI is InChI=1S/C12H21N3O3S/c1-8(2)5-10(13)6-11-14-12(15-18-11)9-3-4-19(16,17)7-9/h8-10H,3-7,13H2,1-2H3. The van der Waals surface area contributed by atoms with Crippen molar-refractivity contribution in [3.05, 3.63) is 11.7 Å². The van der Waals surface area contributed by atoms with Gasteiger partial charge in [-0.3, -0.25) is 0 Å². The lowest BCUT2D eigenvalue weighted by Gasteiger charge is -2.10. The fraction of sp³-hybridized carbons (Fsp3) is 0.833. The van der Waals surface area contributed by atoms with E-state index in [1.54, 1.807) is 0 Å². The van der Waals surface area contributed by atoms with Crippen LogP contribution < -0.4 is 5.73 Å². The van der Waals surface area contributed by atoms with Gasteiger partial charge in [0.2, 0.25) is 5.89 Å². The number of nitrogens with zero attached hydrogens (tertiary/aromatic N) is 2. The predicted octanol–water partition coefficient (Wildman–Crippen LogP) is 0.888. The normalized spacial score (nSPS) is 23.9. The second kappa shape index (κ2) is 5.58. The van der Waals surface area contributed by atoms with Gasteiger partial charge in [-0.1, -0.05) is 19.0 Å². The molecule has 2 atom stereocenters. The summed E-state index contributed by atoms with van der Waals surface area (Å²) in [5.74, 6) is 1.76. The Hall–Kier alpha value is -0.950. The van der Waals surface area contributed by atoms with E-state index in [9.17, 15) is 8.42 Å². The maximum Gasteiger partial charge on any atom is 0.228 e. The molecule has 0 radical (unpaired) electrons. The number of nitrogens with two attached hydrogens (primary N) is 1. The van der Waals surface area contributed by atoms with Crippen LogP contribution in [0.15, 0.2) is 4.52 Å². The Morgan fingerprint density at radius 2 is 2.21 bits per heavy atom. The molecule has 1 aliphatic rings. The number of hydrogen-bond acceptors (Lipinski definition) is 6. The highest BCUT2D eigenvalue weighted by molar-refractivity contribution is 7.91. The SMILES string of the molecule is CC(C)CC(N)Cc1nc(C2CCS(=O)(=O)C2)no1.